The maximum Gasteiger partial charge on any atom is 0.330 e. The molecule has 0 aliphatic carbocycles. The van der Waals surface area contributed by atoms with E-state index in [1.807, 2.05) is 97.3 Å². The molecule has 0 saturated carbocycles. The number of aryl methyl sites for hydroxylation is 1. The van der Waals surface area contributed by atoms with Crippen LogP contribution in [0.5, 0.6) is 23.0 Å². The van der Waals surface area contributed by atoms with Crippen molar-refractivity contribution in [3.63, 3.8) is 0 Å². The molecule has 10 nitrogen and oxygen atoms in total. The van der Waals surface area contributed by atoms with E-state index in [0.717, 1.165) is 134 Å². The zero-order chi connectivity index (χ0) is 45.0. The molecule has 5 aromatic rings. The molecule has 10 heteroatoms. The van der Waals surface area contributed by atoms with E-state index in [1.165, 1.54) is 12.2 Å². The number of rotatable bonds is 31. The van der Waals surface area contributed by atoms with Gasteiger partial charge in [-0.3, -0.25) is 9.97 Å². The zero-order valence-electron chi connectivity index (χ0n) is 37.5. The highest BCUT2D eigenvalue weighted by Crippen LogP contribution is 2.31. The molecule has 64 heavy (non-hydrogen) atoms. The van der Waals surface area contributed by atoms with Crippen LogP contribution in [0.1, 0.15) is 101 Å². The van der Waals surface area contributed by atoms with Crippen molar-refractivity contribution >= 4 is 11.9 Å². The minimum absolute atomic E-state index is 0.354. The Balaban J connectivity index is 0.997. The monoisotopic (exact) mass is 868 g/mol. The van der Waals surface area contributed by atoms with Gasteiger partial charge in [-0.15, -0.1) is 0 Å². The second-order valence-corrected chi connectivity index (χ2v) is 15.5. The van der Waals surface area contributed by atoms with Gasteiger partial charge in [-0.2, -0.15) is 0 Å². The van der Waals surface area contributed by atoms with E-state index < -0.39 is 0 Å². The van der Waals surface area contributed by atoms with Crippen molar-refractivity contribution in [2.24, 2.45) is 0 Å². The lowest BCUT2D eigenvalue weighted by atomic mass is 10.1. The number of unbranched alkanes of at least 4 members (excludes halogenated alkanes) is 10. The molecule has 0 spiro atoms. The normalized spacial score (nSPS) is 10.8. The van der Waals surface area contributed by atoms with Crippen molar-refractivity contribution in [2.75, 3.05) is 26.4 Å². The molecule has 0 atom stereocenters. The van der Waals surface area contributed by atoms with Gasteiger partial charge in [0.15, 0.2) is 11.5 Å². The molecule has 0 aliphatic rings. The van der Waals surface area contributed by atoms with Gasteiger partial charge in [-0.1, -0.05) is 89.6 Å². The third kappa shape index (κ3) is 17.8. The number of carbonyl (C=O) groups is 2. The Morgan fingerprint density at radius 3 is 1.28 bits per heavy atom. The van der Waals surface area contributed by atoms with Gasteiger partial charge in [-0.05, 0) is 110 Å². The summed E-state index contributed by atoms with van der Waals surface area (Å²) in [5.74, 6) is 2.35. The number of aromatic nitrogens is 2. The summed E-state index contributed by atoms with van der Waals surface area (Å²) in [4.78, 5) is 31.6. The molecule has 0 amide bonds. The van der Waals surface area contributed by atoms with Crippen LogP contribution in [0, 0.1) is 0 Å². The SMILES string of the molecule is C=CC(=O)OCCCCCCCCOc1ccc(-c2ccc(COc3ccc(CC)cc3OCc3ccc(-c4ccc(OCCCCCCCCOC(=O)C=C)cc4)nc3)cn2)cc1. The van der Waals surface area contributed by atoms with Crippen molar-refractivity contribution < 1.29 is 38.0 Å². The van der Waals surface area contributed by atoms with Gasteiger partial charge >= 0.3 is 11.9 Å². The molecule has 338 valence electrons. The average Bonchev–Trinajstić information content (AvgIpc) is 3.34. The summed E-state index contributed by atoms with van der Waals surface area (Å²) in [6.45, 7) is 11.9. The topological polar surface area (TPSA) is 115 Å². The first-order valence-electron chi connectivity index (χ1n) is 22.8. The molecular formula is C54H64N2O8. The summed E-state index contributed by atoms with van der Waals surface area (Å²) in [5, 5.41) is 0. The van der Waals surface area contributed by atoms with E-state index in [-0.39, 0.29) is 11.9 Å². The molecule has 2 aromatic heterocycles. The molecule has 0 bridgehead atoms. The quantitative estimate of drug-likeness (QED) is 0.0242. The van der Waals surface area contributed by atoms with E-state index >= 15 is 0 Å². The van der Waals surface area contributed by atoms with Crippen molar-refractivity contribution in [3.05, 3.63) is 145 Å². The molecule has 0 unspecified atom stereocenters. The number of benzene rings is 3. The molecule has 0 N–H and O–H groups in total. The molecule has 0 aliphatic heterocycles. The first-order valence-corrected chi connectivity index (χ1v) is 22.8. The summed E-state index contributed by atoms with van der Waals surface area (Å²) in [6.07, 6.45) is 19.6. The van der Waals surface area contributed by atoms with Crippen LogP contribution in [-0.4, -0.2) is 48.3 Å². The smallest absolute Gasteiger partial charge is 0.330 e. The first kappa shape index (κ1) is 48.6. The number of ether oxygens (including phenoxy) is 6. The lowest BCUT2D eigenvalue weighted by molar-refractivity contribution is -0.138. The van der Waals surface area contributed by atoms with Crippen LogP contribution in [0.3, 0.4) is 0 Å². The highest BCUT2D eigenvalue weighted by atomic mass is 16.5. The predicted molar refractivity (Wildman–Crippen MR) is 253 cm³/mol. The van der Waals surface area contributed by atoms with Crippen LogP contribution in [-0.2, 0) is 38.7 Å². The van der Waals surface area contributed by atoms with Crippen molar-refractivity contribution in [1.29, 1.82) is 0 Å². The number of hydrogen-bond donors (Lipinski definition) is 0. The molecular weight excluding hydrogens is 805 g/mol. The van der Waals surface area contributed by atoms with E-state index in [9.17, 15) is 9.59 Å². The van der Waals surface area contributed by atoms with Crippen LogP contribution in [0.4, 0.5) is 0 Å². The van der Waals surface area contributed by atoms with Gasteiger partial charge in [-0.25, -0.2) is 9.59 Å². The van der Waals surface area contributed by atoms with Crippen molar-refractivity contribution in [1.82, 2.24) is 9.97 Å². The molecule has 0 fully saturated rings. The van der Waals surface area contributed by atoms with E-state index in [1.54, 1.807) is 0 Å². The minimum atomic E-state index is -0.355. The van der Waals surface area contributed by atoms with E-state index in [4.69, 9.17) is 38.4 Å². The van der Waals surface area contributed by atoms with Crippen LogP contribution in [0.2, 0.25) is 0 Å². The van der Waals surface area contributed by atoms with E-state index in [0.29, 0.717) is 51.1 Å². The van der Waals surface area contributed by atoms with Gasteiger partial charge in [0, 0.05) is 46.8 Å². The fourth-order valence-corrected chi connectivity index (χ4v) is 6.80. The molecule has 5 rings (SSSR count). The van der Waals surface area contributed by atoms with E-state index in [2.05, 4.69) is 26.1 Å². The predicted octanol–water partition coefficient (Wildman–Crippen LogP) is 12.4. The van der Waals surface area contributed by atoms with Crippen molar-refractivity contribution in [2.45, 2.75) is 104 Å². The fourth-order valence-electron chi connectivity index (χ4n) is 6.80. The first-order chi connectivity index (χ1) is 31.4. The summed E-state index contributed by atoms with van der Waals surface area (Å²) in [6, 6.07) is 30.3. The van der Waals surface area contributed by atoms with Crippen molar-refractivity contribution in [3.8, 4) is 45.5 Å². The lowest BCUT2D eigenvalue weighted by Gasteiger charge is -2.14. The maximum absolute atomic E-state index is 11.1. The Kier molecular flexibility index (Phi) is 21.5. The Hall–Kier alpha value is -6.42. The third-order valence-corrected chi connectivity index (χ3v) is 10.6. The van der Waals surface area contributed by atoms with Gasteiger partial charge in [0.2, 0.25) is 0 Å². The van der Waals surface area contributed by atoms with Gasteiger partial charge < -0.3 is 28.4 Å². The number of nitrogens with zero attached hydrogens (tertiary/aromatic N) is 2. The van der Waals surface area contributed by atoms with Crippen LogP contribution < -0.4 is 18.9 Å². The Labute approximate surface area is 379 Å². The number of hydrogen-bond acceptors (Lipinski definition) is 10. The molecule has 0 saturated heterocycles. The maximum atomic E-state index is 11.1. The minimum Gasteiger partial charge on any atom is -0.494 e. The molecule has 3 aromatic carbocycles. The highest BCUT2D eigenvalue weighted by molar-refractivity contribution is 5.81. The Bertz CT molecular complexity index is 2140. The van der Waals surface area contributed by atoms with Gasteiger partial charge in [0.05, 0.1) is 37.8 Å². The summed E-state index contributed by atoms with van der Waals surface area (Å²) < 4.78 is 34.6. The van der Waals surface area contributed by atoms with Gasteiger partial charge in [0.1, 0.15) is 24.7 Å². The van der Waals surface area contributed by atoms with Gasteiger partial charge in [0.25, 0.3) is 0 Å². The molecule has 2 heterocycles. The fraction of sp³-hybridized carbons (Fsp3) is 0.370. The Morgan fingerprint density at radius 2 is 0.875 bits per heavy atom. The van der Waals surface area contributed by atoms with Crippen LogP contribution >= 0.6 is 0 Å². The second kappa shape index (κ2) is 28.3. The Morgan fingerprint density at radius 1 is 0.469 bits per heavy atom. The number of carbonyl (C=O) groups excluding carboxylic acids is 2. The second-order valence-electron chi connectivity index (χ2n) is 15.5. The largest absolute Gasteiger partial charge is 0.494 e. The zero-order valence-corrected chi connectivity index (χ0v) is 37.5. The van der Waals surface area contributed by atoms with Crippen LogP contribution in [0.15, 0.2) is 129 Å². The average molecular weight is 869 g/mol. The lowest BCUT2D eigenvalue weighted by Crippen LogP contribution is -2.02. The number of esters is 2. The number of pyridine rings is 2. The summed E-state index contributed by atoms with van der Waals surface area (Å²) >= 11 is 0. The van der Waals surface area contributed by atoms with Crippen LogP contribution in [0.25, 0.3) is 22.5 Å². The standard InChI is InChI=1S/C54H64N2O8/c1-4-42-21-32-51(63-40-43-19-30-49(55-38-43)45-22-26-47(27-23-45)59-33-15-11-7-9-13-17-35-61-53(57)5-2)52(37-42)64-41-44-20-31-50(56-39-44)46-24-28-48(29-25-46)60-34-16-12-8-10-14-18-36-62-54(58)6-3/h5-6,19-32,37-39H,2-4,7-18,33-36,40-41H2,1H3. The molecule has 0 radical (unpaired) electrons. The third-order valence-electron chi connectivity index (χ3n) is 10.6. The summed E-state index contributed by atoms with van der Waals surface area (Å²) in [7, 11) is 0. The summed E-state index contributed by atoms with van der Waals surface area (Å²) in [5.41, 5.74) is 6.87. The highest BCUT2D eigenvalue weighted by Gasteiger charge is 2.10.